The molecule has 0 amide bonds. The van der Waals surface area contributed by atoms with Crippen molar-refractivity contribution in [1.29, 1.82) is 0 Å². The second-order valence-electron chi connectivity index (χ2n) is 4.12. The van der Waals surface area contributed by atoms with Crippen molar-refractivity contribution in [3.63, 3.8) is 0 Å². The number of hydrogen-bond donors (Lipinski definition) is 3. The average Bonchev–Trinajstić information content (AvgIpc) is 2.39. The molecular formula is C11H26NO6P. The SMILES string of the molecule is CCCCCCO[C@H](CO)COP(=O)(O)OCCN. The molecule has 0 rings (SSSR count). The summed E-state index contributed by atoms with van der Waals surface area (Å²) in [5.41, 5.74) is 5.15. The number of phosphoric ester groups is 1. The highest BCUT2D eigenvalue weighted by Crippen LogP contribution is 2.42. The minimum Gasteiger partial charge on any atom is -0.394 e. The molecule has 4 N–H and O–H groups in total. The van der Waals surface area contributed by atoms with E-state index >= 15 is 0 Å². The number of unbranched alkanes of at least 4 members (excludes halogenated alkanes) is 3. The lowest BCUT2D eigenvalue weighted by Gasteiger charge is -2.17. The van der Waals surface area contributed by atoms with Crippen LogP contribution in [0.1, 0.15) is 32.6 Å². The zero-order valence-corrected chi connectivity index (χ0v) is 12.4. The fraction of sp³-hybridized carbons (Fsp3) is 1.00. The Balaban J connectivity index is 3.76. The van der Waals surface area contributed by atoms with Gasteiger partial charge in [-0.25, -0.2) is 4.57 Å². The first kappa shape index (κ1) is 19.0. The maximum atomic E-state index is 11.3. The van der Waals surface area contributed by atoms with Gasteiger partial charge in [0.2, 0.25) is 0 Å². The van der Waals surface area contributed by atoms with Crippen LogP contribution in [0.3, 0.4) is 0 Å². The molecule has 0 aliphatic heterocycles. The van der Waals surface area contributed by atoms with Crippen LogP contribution >= 0.6 is 7.82 Å². The molecule has 2 atom stereocenters. The molecule has 0 aromatic rings. The Morgan fingerprint density at radius 2 is 1.95 bits per heavy atom. The fourth-order valence-corrected chi connectivity index (χ4v) is 2.08. The third kappa shape index (κ3) is 11.5. The Kier molecular flexibility index (Phi) is 11.8. The van der Waals surface area contributed by atoms with Crippen LogP contribution in [-0.2, 0) is 18.3 Å². The first-order valence-electron chi connectivity index (χ1n) is 6.60. The van der Waals surface area contributed by atoms with Gasteiger partial charge in [0.15, 0.2) is 0 Å². The van der Waals surface area contributed by atoms with E-state index in [1.165, 1.54) is 0 Å². The molecule has 0 bridgehead atoms. The number of hydrogen-bond acceptors (Lipinski definition) is 6. The predicted octanol–water partition coefficient (Wildman–Crippen LogP) is 1.04. The molecule has 0 radical (unpaired) electrons. The summed E-state index contributed by atoms with van der Waals surface area (Å²) >= 11 is 0. The molecule has 0 saturated heterocycles. The number of aliphatic hydroxyl groups is 1. The Morgan fingerprint density at radius 1 is 1.21 bits per heavy atom. The standard InChI is InChI=1S/C11H26NO6P/c1-2-3-4-5-7-16-11(9-13)10-18-19(14,15)17-8-6-12/h11,13H,2-10,12H2,1H3,(H,14,15)/t11-/m1/s1. The zero-order chi connectivity index (χ0) is 14.6. The van der Waals surface area contributed by atoms with Gasteiger partial charge in [-0.05, 0) is 6.42 Å². The molecular weight excluding hydrogens is 273 g/mol. The van der Waals surface area contributed by atoms with Gasteiger partial charge >= 0.3 is 7.82 Å². The summed E-state index contributed by atoms with van der Waals surface area (Å²) in [5.74, 6) is 0. The van der Waals surface area contributed by atoms with Crippen LogP contribution in [0.5, 0.6) is 0 Å². The van der Waals surface area contributed by atoms with Crippen LogP contribution in [0.15, 0.2) is 0 Å². The topological polar surface area (TPSA) is 111 Å². The molecule has 0 aliphatic carbocycles. The van der Waals surface area contributed by atoms with E-state index in [-0.39, 0.29) is 26.4 Å². The van der Waals surface area contributed by atoms with Gasteiger partial charge in [0.05, 0.1) is 19.8 Å². The smallest absolute Gasteiger partial charge is 0.394 e. The minimum atomic E-state index is -4.10. The van der Waals surface area contributed by atoms with E-state index in [4.69, 9.17) is 20.1 Å². The van der Waals surface area contributed by atoms with E-state index in [2.05, 4.69) is 11.4 Å². The summed E-state index contributed by atoms with van der Waals surface area (Å²) in [5, 5.41) is 9.06. The molecule has 0 spiro atoms. The van der Waals surface area contributed by atoms with Crippen LogP contribution in [0.4, 0.5) is 0 Å². The molecule has 116 valence electrons. The summed E-state index contributed by atoms with van der Waals surface area (Å²) in [7, 11) is -4.10. The normalized spacial score (nSPS) is 16.2. The van der Waals surface area contributed by atoms with Crippen molar-refractivity contribution in [2.24, 2.45) is 5.73 Å². The van der Waals surface area contributed by atoms with E-state index in [0.717, 1.165) is 25.7 Å². The van der Waals surface area contributed by atoms with Crippen molar-refractivity contribution < 1.29 is 28.3 Å². The van der Waals surface area contributed by atoms with E-state index < -0.39 is 13.9 Å². The van der Waals surface area contributed by atoms with Crippen LogP contribution in [-0.4, -0.2) is 49.1 Å². The van der Waals surface area contributed by atoms with Gasteiger partial charge in [-0.15, -0.1) is 0 Å². The monoisotopic (exact) mass is 299 g/mol. The molecule has 0 aliphatic rings. The summed E-state index contributed by atoms with van der Waals surface area (Å²) in [6.07, 6.45) is 3.61. The van der Waals surface area contributed by atoms with E-state index in [1.54, 1.807) is 0 Å². The molecule has 0 saturated carbocycles. The first-order valence-corrected chi connectivity index (χ1v) is 8.09. The lowest BCUT2D eigenvalue weighted by atomic mass is 10.2. The van der Waals surface area contributed by atoms with Gasteiger partial charge < -0.3 is 20.5 Å². The van der Waals surface area contributed by atoms with Gasteiger partial charge in [-0.2, -0.15) is 0 Å². The Bertz CT molecular complexity index is 253. The lowest BCUT2D eigenvalue weighted by molar-refractivity contribution is -0.0224. The molecule has 0 aromatic heterocycles. The Hall–Kier alpha value is -0.0100. The zero-order valence-electron chi connectivity index (χ0n) is 11.5. The molecule has 0 aromatic carbocycles. The number of ether oxygens (including phenoxy) is 1. The molecule has 7 nitrogen and oxygen atoms in total. The maximum absolute atomic E-state index is 11.3. The van der Waals surface area contributed by atoms with Crippen LogP contribution < -0.4 is 5.73 Å². The second kappa shape index (κ2) is 11.8. The highest BCUT2D eigenvalue weighted by molar-refractivity contribution is 7.47. The van der Waals surface area contributed by atoms with Crippen molar-refractivity contribution in [1.82, 2.24) is 0 Å². The summed E-state index contributed by atoms with van der Waals surface area (Å²) in [4.78, 5) is 9.25. The quantitative estimate of drug-likeness (QED) is 0.344. The fourth-order valence-electron chi connectivity index (χ4n) is 1.32. The van der Waals surface area contributed by atoms with Crippen LogP contribution in [0.25, 0.3) is 0 Å². The van der Waals surface area contributed by atoms with E-state index in [9.17, 15) is 9.46 Å². The number of aliphatic hydroxyl groups excluding tert-OH is 1. The highest BCUT2D eigenvalue weighted by atomic mass is 31.2. The summed E-state index contributed by atoms with van der Waals surface area (Å²) in [6.45, 7) is 2.22. The van der Waals surface area contributed by atoms with Crippen molar-refractivity contribution in [2.75, 3.05) is 33.0 Å². The number of nitrogens with two attached hydrogens (primary N) is 1. The van der Waals surface area contributed by atoms with Gasteiger partial charge in [0.25, 0.3) is 0 Å². The minimum absolute atomic E-state index is 0.0601. The highest BCUT2D eigenvalue weighted by Gasteiger charge is 2.22. The van der Waals surface area contributed by atoms with Gasteiger partial charge in [-0.3, -0.25) is 9.05 Å². The lowest BCUT2D eigenvalue weighted by Crippen LogP contribution is -2.24. The third-order valence-electron chi connectivity index (χ3n) is 2.35. The first-order chi connectivity index (χ1) is 9.05. The summed E-state index contributed by atoms with van der Waals surface area (Å²) < 4.78 is 25.9. The Labute approximate surface area is 114 Å². The van der Waals surface area contributed by atoms with Gasteiger partial charge in [0.1, 0.15) is 6.10 Å². The molecule has 19 heavy (non-hydrogen) atoms. The molecule has 0 fully saturated rings. The van der Waals surface area contributed by atoms with E-state index in [1.807, 2.05) is 0 Å². The molecule has 0 heterocycles. The maximum Gasteiger partial charge on any atom is 0.472 e. The van der Waals surface area contributed by atoms with Crippen molar-refractivity contribution in [3.8, 4) is 0 Å². The largest absolute Gasteiger partial charge is 0.472 e. The molecule has 1 unspecified atom stereocenters. The van der Waals surface area contributed by atoms with E-state index in [0.29, 0.717) is 6.61 Å². The third-order valence-corrected chi connectivity index (χ3v) is 3.34. The predicted molar refractivity (Wildman–Crippen MR) is 71.8 cm³/mol. The van der Waals surface area contributed by atoms with Crippen molar-refractivity contribution in [3.05, 3.63) is 0 Å². The number of rotatable bonds is 13. The van der Waals surface area contributed by atoms with Crippen LogP contribution in [0, 0.1) is 0 Å². The second-order valence-corrected chi connectivity index (χ2v) is 5.58. The van der Waals surface area contributed by atoms with Crippen LogP contribution in [0.2, 0.25) is 0 Å². The molecule has 8 heteroatoms. The summed E-state index contributed by atoms with van der Waals surface area (Å²) in [6, 6.07) is 0. The van der Waals surface area contributed by atoms with Crippen molar-refractivity contribution in [2.45, 2.75) is 38.7 Å². The number of phosphoric acid groups is 1. The van der Waals surface area contributed by atoms with Gasteiger partial charge in [-0.1, -0.05) is 26.2 Å². The van der Waals surface area contributed by atoms with Gasteiger partial charge in [0, 0.05) is 13.2 Å². The Morgan fingerprint density at radius 3 is 2.53 bits per heavy atom. The van der Waals surface area contributed by atoms with Crippen molar-refractivity contribution >= 4 is 7.82 Å². The average molecular weight is 299 g/mol.